The topological polar surface area (TPSA) is 47.3 Å². The van der Waals surface area contributed by atoms with E-state index in [4.69, 9.17) is 16.3 Å². The lowest BCUT2D eigenvalue weighted by atomic mass is 10.1. The van der Waals surface area contributed by atoms with Crippen molar-refractivity contribution in [1.82, 2.24) is 9.78 Å². The van der Waals surface area contributed by atoms with Crippen LogP contribution in [0.1, 0.15) is 29.8 Å². The van der Waals surface area contributed by atoms with Crippen LogP contribution in [0.5, 0.6) is 5.75 Å². The van der Waals surface area contributed by atoms with Crippen LogP contribution in [-0.4, -0.2) is 14.9 Å². The van der Waals surface area contributed by atoms with Gasteiger partial charge in [0.05, 0.1) is 11.8 Å². The van der Waals surface area contributed by atoms with E-state index in [0.717, 1.165) is 11.3 Å². The molecule has 0 aliphatic rings. The molecule has 0 aliphatic carbocycles. The maximum atomic E-state index is 13.7. The highest BCUT2D eigenvalue weighted by Gasteiger charge is 2.13. The molecule has 0 bridgehead atoms. The molecule has 0 saturated carbocycles. The van der Waals surface area contributed by atoms with Crippen LogP contribution < -0.4 is 4.74 Å². The van der Waals surface area contributed by atoms with Gasteiger partial charge in [-0.15, -0.1) is 0 Å². The van der Waals surface area contributed by atoms with Crippen LogP contribution in [0.15, 0.2) is 18.2 Å². The molecule has 2 aromatic rings. The molecule has 4 nitrogen and oxygen atoms in total. The molecule has 0 fully saturated rings. The van der Waals surface area contributed by atoms with E-state index in [-0.39, 0.29) is 12.2 Å². The third-order valence-corrected chi connectivity index (χ3v) is 3.55. The molecule has 0 radical (unpaired) electrons. The van der Waals surface area contributed by atoms with Crippen LogP contribution in [0.25, 0.3) is 0 Å². The first kappa shape index (κ1) is 14.8. The first-order chi connectivity index (χ1) is 9.40. The molecule has 6 heteroatoms. The second-order valence-corrected chi connectivity index (χ2v) is 4.98. The largest absolute Gasteiger partial charge is 0.489 e. The first-order valence-corrected chi connectivity index (χ1v) is 6.56. The number of aryl methyl sites for hydroxylation is 2. The molecule has 0 saturated heterocycles. The van der Waals surface area contributed by atoms with Gasteiger partial charge in [-0.25, -0.2) is 4.39 Å². The van der Waals surface area contributed by atoms with Gasteiger partial charge >= 0.3 is 0 Å². The molecule has 0 amide bonds. The summed E-state index contributed by atoms with van der Waals surface area (Å²) in [5.41, 5.74) is 1.79. The van der Waals surface area contributed by atoms with E-state index >= 15 is 0 Å². The monoisotopic (exact) mass is 298 g/mol. The lowest BCUT2D eigenvalue weighted by molar-refractivity contribution is 0.194. The third kappa shape index (κ3) is 2.94. The molecule has 1 heterocycles. The molecule has 1 aromatic carbocycles. The summed E-state index contributed by atoms with van der Waals surface area (Å²) in [6.45, 7) is 3.56. The number of halogens is 2. The van der Waals surface area contributed by atoms with Crippen LogP contribution >= 0.6 is 11.6 Å². The Morgan fingerprint density at radius 2 is 2.20 bits per heavy atom. The third-order valence-electron chi connectivity index (χ3n) is 3.08. The molecular weight excluding hydrogens is 283 g/mol. The average Bonchev–Trinajstić information content (AvgIpc) is 2.61. The van der Waals surface area contributed by atoms with Gasteiger partial charge in [0.15, 0.2) is 0 Å². The molecule has 20 heavy (non-hydrogen) atoms. The quantitative estimate of drug-likeness (QED) is 0.943. The Bertz CT molecular complexity index is 626. The fourth-order valence-corrected chi connectivity index (χ4v) is 2.16. The van der Waals surface area contributed by atoms with Gasteiger partial charge in [-0.2, -0.15) is 5.10 Å². The lowest BCUT2D eigenvalue weighted by Gasteiger charge is -2.10. The Balaban J connectivity index is 2.13. The van der Waals surface area contributed by atoms with E-state index in [2.05, 4.69) is 5.10 Å². The van der Waals surface area contributed by atoms with E-state index in [1.165, 1.54) is 19.1 Å². The van der Waals surface area contributed by atoms with E-state index in [9.17, 15) is 9.50 Å². The van der Waals surface area contributed by atoms with Gasteiger partial charge in [-0.3, -0.25) is 4.68 Å². The van der Waals surface area contributed by atoms with Gasteiger partial charge in [-0.05, 0) is 26.0 Å². The smallest absolute Gasteiger partial charge is 0.133 e. The summed E-state index contributed by atoms with van der Waals surface area (Å²) in [6, 6.07) is 4.37. The van der Waals surface area contributed by atoms with Gasteiger partial charge in [0.25, 0.3) is 0 Å². The number of aliphatic hydroxyl groups excluding tert-OH is 1. The predicted octanol–water partition coefficient (Wildman–Crippen LogP) is 3.15. The van der Waals surface area contributed by atoms with Crippen molar-refractivity contribution in [3.8, 4) is 5.75 Å². The zero-order valence-electron chi connectivity index (χ0n) is 11.5. The van der Waals surface area contributed by atoms with Crippen LogP contribution in [0.2, 0.25) is 5.15 Å². The number of nitrogens with zero attached hydrogens (tertiary/aromatic N) is 2. The first-order valence-electron chi connectivity index (χ1n) is 6.18. The van der Waals surface area contributed by atoms with Gasteiger partial charge in [0, 0.05) is 24.2 Å². The minimum Gasteiger partial charge on any atom is -0.489 e. The molecule has 0 unspecified atom stereocenters. The number of aliphatic hydroxyl groups is 1. The highest BCUT2D eigenvalue weighted by atomic mass is 35.5. The Morgan fingerprint density at radius 3 is 2.70 bits per heavy atom. The van der Waals surface area contributed by atoms with Crippen molar-refractivity contribution < 1.29 is 14.2 Å². The summed E-state index contributed by atoms with van der Waals surface area (Å²) in [7, 11) is 1.75. The molecule has 2 rings (SSSR count). The summed E-state index contributed by atoms with van der Waals surface area (Å²) in [5, 5.41) is 14.0. The molecule has 0 aliphatic heterocycles. The predicted molar refractivity (Wildman–Crippen MR) is 74.3 cm³/mol. The molecule has 1 aromatic heterocycles. The summed E-state index contributed by atoms with van der Waals surface area (Å²) in [4.78, 5) is 0. The molecule has 0 spiro atoms. The molecule has 1 N–H and O–H groups in total. The van der Waals surface area contributed by atoms with Crippen LogP contribution in [0.4, 0.5) is 4.39 Å². The van der Waals surface area contributed by atoms with Gasteiger partial charge in [0.1, 0.15) is 23.3 Å². The van der Waals surface area contributed by atoms with Gasteiger partial charge in [0.2, 0.25) is 0 Å². The standard InChI is InChI=1S/C14H16ClFN2O2/c1-8-12(14(15)18(3)17-8)7-20-10-4-5-11(9(2)19)13(16)6-10/h4-6,9,19H,7H2,1-3H3/t9-/m1/s1. The SMILES string of the molecule is Cc1nn(C)c(Cl)c1COc1ccc([C@@H](C)O)c(F)c1. The van der Waals surface area contributed by atoms with Crippen molar-refractivity contribution in [3.63, 3.8) is 0 Å². The van der Waals surface area contributed by atoms with E-state index in [1.807, 2.05) is 6.92 Å². The Hall–Kier alpha value is -1.59. The van der Waals surface area contributed by atoms with Crippen molar-refractivity contribution in [1.29, 1.82) is 0 Å². The van der Waals surface area contributed by atoms with Crippen LogP contribution in [-0.2, 0) is 13.7 Å². The van der Waals surface area contributed by atoms with E-state index in [1.54, 1.807) is 17.8 Å². The fraction of sp³-hybridized carbons (Fsp3) is 0.357. The zero-order valence-corrected chi connectivity index (χ0v) is 12.3. The number of ether oxygens (including phenoxy) is 1. The minimum absolute atomic E-state index is 0.214. The van der Waals surface area contributed by atoms with Crippen LogP contribution in [0.3, 0.4) is 0 Å². The summed E-state index contributed by atoms with van der Waals surface area (Å²) in [5.74, 6) is -0.113. The van der Waals surface area contributed by atoms with Gasteiger partial charge in [-0.1, -0.05) is 11.6 Å². The van der Waals surface area contributed by atoms with Crippen molar-refractivity contribution in [2.75, 3.05) is 0 Å². The van der Waals surface area contributed by atoms with Crippen LogP contribution in [0, 0.1) is 12.7 Å². The van der Waals surface area contributed by atoms with Crippen molar-refractivity contribution in [2.45, 2.75) is 26.6 Å². The Morgan fingerprint density at radius 1 is 1.50 bits per heavy atom. The number of rotatable bonds is 4. The Labute approximate surface area is 121 Å². The van der Waals surface area contributed by atoms with Crippen molar-refractivity contribution in [3.05, 3.63) is 46.0 Å². The number of aromatic nitrogens is 2. The second-order valence-electron chi connectivity index (χ2n) is 4.63. The minimum atomic E-state index is -0.848. The molecule has 108 valence electrons. The van der Waals surface area contributed by atoms with E-state index in [0.29, 0.717) is 10.9 Å². The highest BCUT2D eigenvalue weighted by molar-refractivity contribution is 6.30. The van der Waals surface area contributed by atoms with Crippen molar-refractivity contribution >= 4 is 11.6 Å². The maximum absolute atomic E-state index is 13.7. The average molecular weight is 299 g/mol. The summed E-state index contributed by atoms with van der Waals surface area (Å²) < 4.78 is 20.8. The van der Waals surface area contributed by atoms with Crippen molar-refractivity contribution in [2.24, 2.45) is 7.05 Å². The van der Waals surface area contributed by atoms with Gasteiger partial charge < -0.3 is 9.84 Å². The van der Waals surface area contributed by atoms with E-state index < -0.39 is 11.9 Å². The second kappa shape index (κ2) is 5.81. The summed E-state index contributed by atoms with van der Waals surface area (Å²) >= 11 is 6.09. The molecule has 1 atom stereocenters. The number of benzene rings is 1. The highest BCUT2D eigenvalue weighted by Crippen LogP contribution is 2.24. The zero-order chi connectivity index (χ0) is 14.9. The fourth-order valence-electron chi connectivity index (χ4n) is 1.93. The maximum Gasteiger partial charge on any atom is 0.133 e. The molecular formula is C14H16ClFN2O2. The lowest BCUT2D eigenvalue weighted by Crippen LogP contribution is -2.00. The number of hydrogen-bond acceptors (Lipinski definition) is 3. The number of hydrogen-bond donors (Lipinski definition) is 1. The normalized spacial score (nSPS) is 12.5. The summed E-state index contributed by atoms with van der Waals surface area (Å²) in [6.07, 6.45) is -0.848. The Kier molecular flexibility index (Phi) is 4.30.